The van der Waals surface area contributed by atoms with E-state index >= 15 is 0 Å². The average Bonchev–Trinajstić information content (AvgIpc) is 3.40. The van der Waals surface area contributed by atoms with Crippen LogP contribution >= 0.6 is 11.3 Å². The van der Waals surface area contributed by atoms with Gasteiger partial charge in [-0.05, 0) is 38.3 Å². The molecule has 0 aromatic carbocycles. The molecular weight excluding hydrogens is 552 g/mol. The Balaban J connectivity index is 2.45. The van der Waals surface area contributed by atoms with E-state index in [1.54, 1.807) is 0 Å². The Hall–Kier alpha value is -3.06. The zero-order chi connectivity index (χ0) is 30.9. The van der Waals surface area contributed by atoms with Crippen molar-refractivity contribution in [3.63, 3.8) is 0 Å². The number of nitrogens with zero attached hydrogens (tertiary/aromatic N) is 3. The van der Waals surface area contributed by atoms with Crippen molar-refractivity contribution in [1.82, 2.24) is 20.1 Å². The number of carboxylic acid groups (broad SMARTS) is 1. The van der Waals surface area contributed by atoms with Gasteiger partial charge in [0.25, 0.3) is 0 Å². The molecule has 230 valence electrons. The highest BCUT2D eigenvalue weighted by Crippen LogP contribution is 2.31. The van der Waals surface area contributed by atoms with Gasteiger partial charge in [-0.3, -0.25) is 24.1 Å². The summed E-state index contributed by atoms with van der Waals surface area (Å²) < 4.78 is 10.9. The number of aromatic nitrogens is 1. The number of nitrogens with one attached hydrogen (secondary N) is 1. The summed E-state index contributed by atoms with van der Waals surface area (Å²) in [6.45, 7) is 10.5. The van der Waals surface area contributed by atoms with Crippen molar-refractivity contribution in [3.05, 3.63) is 16.1 Å². The molecule has 0 aliphatic carbocycles. The summed E-state index contributed by atoms with van der Waals surface area (Å²) in [6.07, 6.45) is 2.37. The fourth-order valence-electron chi connectivity index (χ4n) is 4.91. The van der Waals surface area contributed by atoms with Crippen LogP contribution in [0.15, 0.2) is 5.38 Å². The van der Waals surface area contributed by atoms with Crippen molar-refractivity contribution < 1.29 is 38.6 Å². The molecule has 1 aliphatic heterocycles. The standard InChI is InChI=1S/C28H44N4O8S/c1-8-17(4)24(30-25(35)21-11-9-10-12-31(21)7)27(36)32(15-39-18(5)33)22(16(2)3)13-23(40-19(6)34)26-29-20(14-41-26)28(37)38/h14,16-17,21-24H,8-13,15H2,1-7H3,(H,30,35)(H,37,38)/t17-,21?,22+,23+,24-/m0/s1. The lowest BCUT2D eigenvalue weighted by molar-refractivity contribution is -0.159. The lowest BCUT2D eigenvalue weighted by Crippen LogP contribution is -2.59. The molecule has 0 saturated carbocycles. The van der Waals surface area contributed by atoms with E-state index in [1.165, 1.54) is 24.1 Å². The molecule has 0 radical (unpaired) electrons. The van der Waals surface area contributed by atoms with Crippen molar-refractivity contribution >= 4 is 41.1 Å². The van der Waals surface area contributed by atoms with E-state index in [-0.39, 0.29) is 47.6 Å². The van der Waals surface area contributed by atoms with Gasteiger partial charge in [0.1, 0.15) is 11.0 Å². The Bertz CT molecular complexity index is 1080. The molecule has 12 nitrogen and oxygen atoms in total. The van der Waals surface area contributed by atoms with E-state index in [1.807, 2.05) is 39.6 Å². The molecule has 1 aromatic rings. The number of thiazole rings is 1. The van der Waals surface area contributed by atoms with Crippen LogP contribution in [0, 0.1) is 11.8 Å². The third-order valence-corrected chi connectivity index (χ3v) is 8.43. The molecule has 2 heterocycles. The molecular formula is C28H44N4O8S. The van der Waals surface area contributed by atoms with Gasteiger partial charge >= 0.3 is 17.9 Å². The topological polar surface area (TPSA) is 155 Å². The van der Waals surface area contributed by atoms with Crippen LogP contribution in [-0.2, 0) is 28.7 Å². The molecule has 2 amide bonds. The number of carbonyl (C=O) groups is 5. The Kier molecular flexibility index (Phi) is 13.2. The Morgan fingerprint density at radius 2 is 1.85 bits per heavy atom. The van der Waals surface area contributed by atoms with Gasteiger partial charge < -0.3 is 24.8 Å². The smallest absolute Gasteiger partial charge is 0.355 e. The number of rotatable bonds is 14. The molecule has 2 rings (SSSR count). The summed E-state index contributed by atoms with van der Waals surface area (Å²) in [5, 5.41) is 14.0. The number of ether oxygens (including phenoxy) is 2. The quantitative estimate of drug-likeness (QED) is 0.242. The molecule has 1 aromatic heterocycles. The fourth-order valence-corrected chi connectivity index (χ4v) is 5.75. The van der Waals surface area contributed by atoms with Crippen LogP contribution in [0.1, 0.15) is 95.2 Å². The maximum Gasteiger partial charge on any atom is 0.355 e. The van der Waals surface area contributed by atoms with Gasteiger partial charge in [0.2, 0.25) is 11.8 Å². The third kappa shape index (κ3) is 9.77. The summed E-state index contributed by atoms with van der Waals surface area (Å²) in [6, 6.07) is -1.85. The summed E-state index contributed by atoms with van der Waals surface area (Å²) in [5.74, 6) is -3.46. The normalized spacial score (nSPS) is 18.6. The molecule has 1 unspecified atom stereocenters. The first-order valence-corrected chi connectivity index (χ1v) is 14.9. The van der Waals surface area contributed by atoms with Crippen LogP contribution in [0.25, 0.3) is 0 Å². The summed E-state index contributed by atoms with van der Waals surface area (Å²) in [5.41, 5.74) is -0.177. The Labute approximate surface area is 245 Å². The van der Waals surface area contributed by atoms with Crippen LogP contribution in [0.5, 0.6) is 0 Å². The van der Waals surface area contributed by atoms with Crippen LogP contribution < -0.4 is 5.32 Å². The van der Waals surface area contributed by atoms with Crippen molar-refractivity contribution in [2.24, 2.45) is 11.8 Å². The number of likely N-dealkylation sites (N-methyl/N-ethyl adjacent to an activating group) is 1. The maximum atomic E-state index is 14.2. The minimum absolute atomic E-state index is 0.0728. The van der Waals surface area contributed by atoms with Gasteiger partial charge in [0.15, 0.2) is 18.5 Å². The SMILES string of the molecule is CC[C@H](C)[C@H](NC(=O)C1CCCCN1C)C(=O)N(COC(C)=O)[C@H](C[C@@H](OC(C)=O)c1nc(C(=O)O)cs1)C(C)C. The molecule has 2 N–H and O–H groups in total. The number of carbonyl (C=O) groups excluding carboxylic acids is 4. The van der Waals surface area contributed by atoms with Crippen LogP contribution in [0.2, 0.25) is 0 Å². The van der Waals surface area contributed by atoms with E-state index < -0.39 is 42.0 Å². The van der Waals surface area contributed by atoms with Crippen LogP contribution in [0.4, 0.5) is 0 Å². The van der Waals surface area contributed by atoms with Crippen LogP contribution in [-0.4, -0.2) is 88.1 Å². The number of esters is 2. The maximum absolute atomic E-state index is 14.2. The number of hydrogen-bond donors (Lipinski definition) is 2. The number of piperidine rings is 1. The molecule has 0 bridgehead atoms. The number of aromatic carboxylic acids is 1. The van der Waals surface area contributed by atoms with Crippen molar-refractivity contribution in [2.45, 2.75) is 97.9 Å². The molecule has 41 heavy (non-hydrogen) atoms. The van der Waals surface area contributed by atoms with Gasteiger partial charge in [0, 0.05) is 31.7 Å². The zero-order valence-corrected chi connectivity index (χ0v) is 25.9. The highest BCUT2D eigenvalue weighted by atomic mass is 32.1. The van der Waals surface area contributed by atoms with Crippen molar-refractivity contribution in [1.29, 1.82) is 0 Å². The highest BCUT2D eigenvalue weighted by Gasteiger charge is 2.39. The zero-order valence-electron chi connectivity index (χ0n) is 25.0. The molecule has 5 atom stereocenters. The molecule has 1 fully saturated rings. The number of carboxylic acids is 1. The number of hydrogen-bond acceptors (Lipinski definition) is 10. The second kappa shape index (κ2) is 15.8. The first-order valence-electron chi connectivity index (χ1n) is 14.1. The summed E-state index contributed by atoms with van der Waals surface area (Å²) in [4.78, 5) is 70.4. The lowest BCUT2D eigenvalue weighted by atomic mass is 9.92. The minimum atomic E-state index is -1.21. The molecule has 1 saturated heterocycles. The molecule has 1 aliphatic rings. The second-order valence-electron chi connectivity index (χ2n) is 11.0. The van der Waals surface area contributed by atoms with E-state index in [9.17, 15) is 29.1 Å². The predicted octanol–water partition coefficient (Wildman–Crippen LogP) is 3.22. The second-order valence-corrected chi connectivity index (χ2v) is 11.8. The number of amides is 2. The van der Waals surface area contributed by atoms with Gasteiger partial charge in [-0.2, -0.15) is 0 Å². The monoisotopic (exact) mass is 596 g/mol. The van der Waals surface area contributed by atoms with Gasteiger partial charge in [-0.25, -0.2) is 9.78 Å². The van der Waals surface area contributed by atoms with Gasteiger partial charge in [0.05, 0.1) is 6.04 Å². The average molecular weight is 597 g/mol. The van der Waals surface area contributed by atoms with Gasteiger partial charge in [-0.15, -0.1) is 11.3 Å². The molecule has 13 heteroatoms. The van der Waals surface area contributed by atoms with Crippen molar-refractivity contribution in [2.75, 3.05) is 20.3 Å². The summed E-state index contributed by atoms with van der Waals surface area (Å²) in [7, 11) is 1.90. The van der Waals surface area contributed by atoms with E-state index in [4.69, 9.17) is 9.47 Å². The highest BCUT2D eigenvalue weighted by molar-refractivity contribution is 7.09. The summed E-state index contributed by atoms with van der Waals surface area (Å²) >= 11 is 1.04. The van der Waals surface area contributed by atoms with E-state index in [0.29, 0.717) is 12.8 Å². The Morgan fingerprint density at radius 1 is 1.17 bits per heavy atom. The van der Waals surface area contributed by atoms with Crippen LogP contribution in [0.3, 0.4) is 0 Å². The number of likely N-dealkylation sites (tertiary alicyclic amines) is 1. The minimum Gasteiger partial charge on any atom is -0.476 e. The van der Waals surface area contributed by atoms with Crippen molar-refractivity contribution in [3.8, 4) is 0 Å². The fraction of sp³-hybridized carbons (Fsp3) is 0.714. The van der Waals surface area contributed by atoms with Gasteiger partial charge in [-0.1, -0.05) is 40.5 Å². The Morgan fingerprint density at radius 3 is 2.37 bits per heavy atom. The first-order chi connectivity index (χ1) is 19.3. The predicted molar refractivity (Wildman–Crippen MR) is 152 cm³/mol. The largest absolute Gasteiger partial charge is 0.476 e. The van der Waals surface area contributed by atoms with E-state index in [0.717, 1.165) is 30.7 Å². The third-order valence-electron chi connectivity index (χ3n) is 7.49. The first kappa shape index (κ1) is 34.1. The lowest BCUT2D eigenvalue weighted by Gasteiger charge is -2.39. The van der Waals surface area contributed by atoms with E-state index in [2.05, 4.69) is 10.3 Å². The molecule has 0 spiro atoms.